The summed E-state index contributed by atoms with van der Waals surface area (Å²) in [6.07, 6.45) is 3.32. The second kappa shape index (κ2) is 7.26. The van der Waals surface area contributed by atoms with E-state index in [1.165, 1.54) is 0 Å². The highest BCUT2D eigenvalue weighted by atomic mass is 16.6. The summed E-state index contributed by atoms with van der Waals surface area (Å²) >= 11 is 0. The Labute approximate surface area is 127 Å². The maximum absolute atomic E-state index is 10.4. The van der Waals surface area contributed by atoms with Gasteiger partial charge in [0.2, 0.25) is 0 Å². The summed E-state index contributed by atoms with van der Waals surface area (Å²) in [6.45, 7) is 0. The van der Waals surface area contributed by atoms with Gasteiger partial charge in [0.1, 0.15) is 0 Å². The molecule has 0 aliphatic carbocycles. The Morgan fingerprint density at radius 2 is 1.35 bits per heavy atom. The fourth-order valence-corrected chi connectivity index (χ4v) is 1.34. The van der Waals surface area contributed by atoms with Crippen molar-refractivity contribution in [2.75, 3.05) is 5.73 Å². The van der Waals surface area contributed by atoms with E-state index in [1.807, 2.05) is 0 Å². The summed E-state index contributed by atoms with van der Waals surface area (Å²) in [4.78, 5) is 31.5. The number of pyridine rings is 1. The van der Waals surface area contributed by atoms with E-state index in [9.17, 15) is 30.3 Å². The normalized spacial score (nSPS) is 9.39. The van der Waals surface area contributed by atoms with Crippen LogP contribution in [-0.4, -0.2) is 24.9 Å². The average molecular weight is 323 g/mol. The molecule has 0 aliphatic heterocycles. The van der Waals surface area contributed by atoms with Gasteiger partial charge in [0, 0.05) is 18.1 Å². The molecule has 0 bridgehead atoms. The molecule has 12 heteroatoms. The number of phenols is 1. The van der Waals surface area contributed by atoms with E-state index < -0.39 is 37.6 Å². The minimum absolute atomic E-state index is 0.447. The second-order valence-corrected chi connectivity index (χ2v) is 3.88. The van der Waals surface area contributed by atoms with E-state index >= 15 is 0 Å². The molecule has 0 saturated heterocycles. The number of anilines is 1. The molecule has 120 valence electrons. The van der Waals surface area contributed by atoms with Gasteiger partial charge in [-0.2, -0.15) is 0 Å². The molecule has 2 aromatic rings. The minimum atomic E-state index is -1.21. The molecule has 0 spiro atoms. The van der Waals surface area contributed by atoms with Crippen molar-refractivity contribution in [2.24, 2.45) is 0 Å². The highest BCUT2D eigenvalue weighted by Crippen LogP contribution is 2.38. The van der Waals surface area contributed by atoms with Crippen LogP contribution in [0.15, 0.2) is 36.7 Å². The summed E-state index contributed by atoms with van der Waals surface area (Å²) in [5.74, 6) is -1.21. The smallest absolute Gasteiger partial charge is 0.324 e. The van der Waals surface area contributed by atoms with Crippen molar-refractivity contribution in [3.05, 3.63) is 67.0 Å². The summed E-state index contributed by atoms with van der Waals surface area (Å²) in [5.41, 5.74) is 3.08. The number of nitrogens with two attached hydrogens (primary N) is 1. The van der Waals surface area contributed by atoms with Gasteiger partial charge < -0.3 is 10.8 Å². The van der Waals surface area contributed by atoms with E-state index in [-0.39, 0.29) is 0 Å². The first-order valence-electron chi connectivity index (χ1n) is 5.69. The number of nitro groups is 3. The summed E-state index contributed by atoms with van der Waals surface area (Å²) in [7, 11) is 0. The quantitative estimate of drug-likeness (QED) is 0.626. The van der Waals surface area contributed by atoms with Crippen LogP contribution in [0.25, 0.3) is 0 Å². The first-order chi connectivity index (χ1) is 10.7. The number of nitrogens with zero attached hydrogens (tertiary/aromatic N) is 4. The lowest BCUT2D eigenvalue weighted by atomic mass is 10.2. The number of nitrogen functional groups attached to an aromatic ring is 1. The number of phenolic OH excluding ortho intramolecular Hbond substituents is 1. The highest BCUT2D eigenvalue weighted by molar-refractivity contribution is 5.64. The minimum Gasteiger partial charge on any atom is -0.497 e. The average Bonchev–Trinajstić information content (AvgIpc) is 2.48. The molecule has 12 nitrogen and oxygen atoms in total. The molecule has 1 aromatic carbocycles. The van der Waals surface area contributed by atoms with Crippen LogP contribution in [0.5, 0.6) is 5.75 Å². The Bertz CT molecular complexity index is 715. The van der Waals surface area contributed by atoms with Crippen LogP contribution in [0.2, 0.25) is 0 Å². The molecule has 0 atom stereocenters. The third-order valence-electron chi connectivity index (χ3n) is 2.36. The third kappa shape index (κ3) is 4.59. The summed E-state index contributed by atoms with van der Waals surface area (Å²) in [5, 5.41) is 40.2. The Morgan fingerprint density at radius 1 is 0.913 bits per heavy atom. The number of rotatable bonds is 3. The number of hydrogen-bond acceptors (Lipinski definition) is 9. The van der Waals surface area contributed by atoms with Gasteiger partial charge in [-0.15, -0.1) is 0 Å². The lowest BCUT2D eigenvalue weighted by Crippen LogP contribution is -1.97. The van der Waals surface area contributed by atoms with Crippen LogP contribution in [0.4, 0.5) is 22.7 Å². The van der Waals surface area contributed by atoms with E-state index in [2.05, 4.69) is 4.98 Å². The SMILES string of the molecule is Nc1ccncc1.O=[N+]([O-])c1cc([N+](=O)[O-])c(O)c([N+](=O)[O-])c1. The van der Waals surface area contributed by atoms with E-state index in [4.69, 9.17) is 10.8 Å². The van der Waals surface area contributed by atoms with Gasteiger partial charge in [-0.1, -0.05) is 0 Å². The molecule has 1 aromatic heterocycles. The fraction of sp³-hybridized carbons (Fsp3) is 0. The van der Waals surface area contributed by atoms with Gasteiger partial charge >= 0.3 is 11.4 Å². The molecule has 2 rings (SSSR count). The van der Waals surface area contributed by atoms with Crippen molar-refractivity contribution in [1.82, 2.24) is 4.98 Å². The lowest BCUT2D eigenvalue weighted by molar-refractivity contribution is -0.404. The Morgan fingerprint density at radius 3 is 1.61 bits per heavy atom. The molecule has 23 heavy (non-hydrogen) atoms. The molecule has 1 heterocycles. The largest absolute Gasteiger partial charge is 0.497 e. The van der Waals surface area contributed by atoms with Crippen LogP contribution < -0.4 is 5.73 Å². The van der Waals surface area contributed by atoms with Gasteiger partial charge in [0.05, 0.1) is 26.9 Å². The van der Waals surface area contributed by atoms with Crippen molar-refractivity contribution in [3.63, 3.8) is 0 Å². The van der Waals surface area contributed by atoms with Crippen molar-refractivity contribution >= 4 is 22.7 Å². The number of aromatic nitrogens is 1. The molecule has 0 unspecified atom stereocenters. The zero-order valence-corrected chi connectivity index (χ0v) is 11.2. The zero-order valence-electron chi connectivity index (χ0n) is 11.2. The first kappa shape index (κ1) is 17.2. The van der Waals surface area contributed by atoms with Crippen LogP contribution in [0, 0.1) is 30.3 Å². The maximum Gasteiger partial charge on any atom is 0.324 e. The van der Waals surface area contributed by atoms with E-state index in [1.54, 1.807) is 24.5 Å². The van der Waals surface area contributed by atoms with E-state index in [0.29, 0.717) is 12.1 Å². The molecule has 0 aliphatic rings. The maximum atomic E-state index is 10.4. The number of non-ortho nitro benzene ring substituents is 1. The molecule has 0 amide bonds. The number of nitro benzene ring substituents is 3. The standard InChI is InChI=1S/C6H3N3O7.C5H6N2/c10-6-4(8(13)14)1-3(7(11)12)2-5(6)9(15)16;6-5-1-3-7-4-2-5/h1-2,10H;1-4H,(H2,6,7). The Balaban J connectivity index is 0.000000313. The summed E-state index contributed by atoms with van der Waals surface area (Å²) < 4.78 is 0. The van der Waals surface area contributed by atoms with Crippen molar-refractivity contribution < 1.29 is 19.9 Å². The number of aromatic hydroxyl groups is 1. The molecular formula is C11H9N5O7. The number of hydrogen-bond donors (Lipinski definition) is 2. The van der Waals surface area contributed by atoms with Crippen LogP contribution in [0.1, 0.15) is 0 Å². The molecule has 0 fully saturated rings. The van der Waals surface area contributed by atoms with Gasteiger partial charge in [0.25, 0.3) is 11.4 Å². The van der Waals surface area contributed by atoms with Crippen molar-refractivity contribution in [2.45, 2.75) is 0 Å². The zero-order chi connectivity index (χ0) is 17.6. The van der Waals surface area contributed by atoms with Crippen LogP contribution in [0.3, 0.4) is 0 Å². The first-order valence-corrected chi connectivity index (χ1v) is 5.69. The van der Waals surface area contributed by atoms with Crippen molar-refractivity contribution in [1.29, 1.82) is 0 Å². The molecule has 3 N–H and O–H groups in total. The van der Waals surface area contributed by atoms with Crippen LogP contribution >= 0.6 is 0 Å². The lowest BCUT2D eigenvalue weighted by Gasteiger charge is -1.97. The van der Waals surface area contributed by atoms with Crippen LogP contribution in [-0.2, 0) is 0 Å². The summed E-state index contributed by atoms with van der Waals surface area (Å²) in [6, 6.07) is 4.39. The second-order valence-electron chi connectivity index (χ2n) is 3.88. The topological polar surface area (TPSA) is 189 Å². The monoisotopic (exact) mass is 323 g/mol. The Hall–Kier alpha value is -3.83. The highest BCUT2D eigenvalue weighted by Gasteiger charge is 2.30. The van der Waals surface area contributed by atoms with Crippen molar-refractivity contribution in [3.8, 4) is 5.75 Å². The molecular weight excluding hydrogens is 314 g/mol. The Kier molecular flexibility index (Phi) is 5.43. The predicted molar refractivity (Wildman–Crippen MR) is 76.7 cm³/mol. The van der Waals surface area contributed by atoms with Gasteiger partial charge in [-0.25, -0.2) is 0 Å². The van der Waals surface area contributed by atoms with Gasteiger partial charge in [-0.05, 0) is 12.1 Å². The number of benzene rings is 1. The predicted octanol–water partition coefficient (Wildman–Crippen LogP) is 1.78. The van der Waals surface area contributed by atoms with Gasteiger partial charge in [0.15, 0.2) is 0 Å². The molecule has 0 saturated carbocycles. The van der Waals surface area contributed by atoms with Gasteiger partial charge in [-0.3, -0.25) is 35.3 Å². The molecule has 0 radical (unpaired) electrons. The fourth-order valence-electron chi connectivity index (χ4n) is 1.34. The third-order valence-corrected chi connectivity index (χ3v) is 2.36. The van der Waals surface area contributed by atoms with E-state index in [0.717, 1.165) is 5.69 Å².